The fraction of sp³-hybridized carbons (Fsp3) is 0.200. The first-order valence-electron chi connectivity index (χ1n) is 10.2. The fourth-order valence-corrected chi connectivity index (χ4v) is 3.83. The van der Waals surface area contributed by atoms with Crippen LogP contribution < -0.4 is 19.9 Å². The van der Waals surface area contributed by atoms with E-state index in [0.29, 0.717) is 29.4 Å². The van der Waals surface area contributed by atoms with Gasteiger partial charge in [-0.05, 0) is 36.8 Å². The smallest absolute Gasteiger partial charge is 0.232 e. The summed E-state index contributed by atoms with van der Waals surface area (Å²) in [4.78, 5) is 24.9. The molecule has 1 aliphatic heterocycles. The van der Waals surface area contributed by atoms with Crippen molar-refractivity contribution >= 4 is 11.9 Å². The highest BCUT2D eigenvalue weighted by atomic mass is 16.5. The predicted octanol–water partition coefficient (Wildman–Crippen LogP) is 3.32. The van der Waals surface area contributed by atoms with Crippen LogP contribution in [0.2, 0.25) is 0 Å². The van der Waals surface area contributed by atoms with Gasteiger partial charge in [-0.15, -0.1) is 0 Å². The van der Waals surface area contributed by atoms with Crippen molar-refractivity contribution in [3.05, 3.63) is 89.5 Å². The van der Waals surface area contributed by atoms with Gasteiger partial charge in [0.05, 0.1) is 18.6 Å². The Hall–Kier alpha value is -3.80. The van der Waals surface area contributed by atoms with Crippen molar-refractivity contribution in [3.63, 3.8) is 0 Å². The Balaban J connectivity index is 1.65. The van der Waals surface area contributed by atoms with Gasteiger partial charge in [0.25, 0.3) is 0 Å². The maximum atomic E-state index is 13.5. The van der Waals surface area contributed by atoms with Crippen LogP contribution >= 0.6 is 0 Å². The highest BCUT2D eigenvalue weighted by Crippen LogP contribution is 2.44. The van der Waals surface area contributed by atoms with E-state index in [1.807, 2.05) is 55.5 Å². The minimum Gasteiger partial charge on any atom is -0.550 e. The van der Waals surface area contributed by atoms with Crippen LogP contribution in [0.4, 0.5) is 0 Å². The molecular weight excluding hydrogens is 394 g/mol. The van der Waals surface area contributed by atoms with Crippen molar-refractivity contribution in [1.82, 2.24) is 5.32 Å². The lowest BCUT2D eigenvalue weighted by atomic mass is 9.86. The molecule has 3 aromatic carbocycles. The van der Waals surface area contributed by atoms with Crippen LogP contribution in [0.25, 0.3) is 0 Å². The molecule has 158 valence electrons. The monoisotopic (exact) mass is 416 g/mol. The summed E-state index contributed by atoms with van der Waals surface area (Å²) in [6, 6.07) is 21.0. The first-order chi connectivity index (χ1) is 15.1. The van der Waals surface area contributed by atoms with Crippen LogP contribution in [0.1, 0.15) is 42.0 Å². The Kier molecular flexibility index (Phi) is 5.89. The zero-order chi connectivity index (χ0) is 21.8. The zero-order valence-electron chi connectivity index (χ0n) is 17.0. The molecule has 0 fully saturated rings. The van der Waals surface area contributed by atoms with Gasteiger partial charge in [-0.1, -0.05) is 48.5 Å². The highest BCUT2D eigenvalue weighted by molar-refractivity contribution is 5.90. The van der Waals surface area contributed by atoms with E-state index in [1.54, 1.807) is 24.3 Å². The maximum absolute atomic E-state index is 13.5. The average Bonchev–Trinajstić information content (AvgIpc) is 2.77. The molecule has 1 heterocycles. The fourth-order valence-electron chi connectivity index (χ4n) is 3.83. The summed E-state index contributed by atoms with van der Waals surface area (Å²) in [5, 5.41) is 14.3. The van der Waals surface area contributed by atoms with Gasteiger partial charge in [-0.2, -0.15) is 0 Å². The lowest BCUT2D eigenvalue weighted by molar-refractivity contribution is -0.306. The number of amides is 1. The summed E-state index contributed by atoms with van der Waals surface area (Å²) in [6.07, 6.45) is -0.341. The van der Waals surface area contributed by atoms with Gasteiger partial charge in [0.15, 0.2) is 0 Å². The van der Waals surface area contributed by atoms with E-state index < -0.39 is 17.9 Å². The van der Waals surface area contributed by atoms with E-state index in [0.717, 1.165) is 11.1 Å². The number of carboxylic acids is 1. The van der Waals surface area contributed by atoms with Gasteiger partial charge in [0.2, 0.25) is 5.91 Å². The van der Waals surface area contributed by atoms with Crippen molar-refractivity contribution < 1.29 is 24.2 Å². The largest absolute Gasteiger partial charge is 0.550 e. The first-order valence-corrected chi connectivity index (χ1v) is 10.2. The van der Waals surface area contributed by atoms with Crippen LogP contribution in [0, 0.1) is 0 Å². The number of hydrogen-bond acceptors (Lipinski definition) is 5. The molecule has 3 aromatic rings. The summed E-state index contributed by atoms with van der Waals surface area (Å²) < 4.78 is 11.4. The summed E-state index contributed by atoms with van der Waals surface area (Å²) in [5.41, 5.74) is 2.13. The van der Waals surface area contributed by atoms with Gasteiger partial charge < -0.3 is 24.7 Å². The molecule has 0 unspecified atom stereocenters. The molecule has 1 aliphatic rings. The first kappa shape index (κ1) is 20.5. The molecule has 0 bridgehead atoms. The number of carbonyl (C=O) groups excluding carboxylic acids is 2. The second-order valence-corrected chi connectivity index (χ2v) is 7.25. The molecule has 0 aliphatic carbocycles. The summed E-state index contributed by atoms with van der Waals surface area (Å²) in [7, 11) is 0. The normalized spacial score (nSPS) is 13.3. The number of hydrogen-bond donors (Lipinski definition) is 1. The molecule has 4 rings (SSSR count). The van der Waals surface area contributed by atoms with E-state index >= 15 is 0 Å². The van der Waals surface area contributed by atoms with Crippen LogP contribution in [0.5, 0.6) is 17.2 Å². The van der Waals surface area contributed by atoms with Gasteiger partial charge in [0.1, 0.15) is 17.2 Å². The Bertz CT molecular complexity index is 1050. The Morgan fingerprint density at radius 3 is 2.10 bits per heavy atom. The molecule has 0 spiro atoms. The van der Waals surface area contributed by atoms with Crippen molar-refractivity contribution in [1.29, 1.82) is 0 Å². The second-order valence-electron chi connectivity index (χ2n) is 7.25. The predicted molar refractivity (Wildman–Crippen MR) is 113 cm³/mol. The van der Waals surface area contributed by atoms with E-state index in [1.165, 1.54) is 0 Å². The molecular formula is C25H22NO5-. The number of aliphatic carboxylic acids is 1. The van der Waals surface area contributed by atoms with Crippen molar-refractivity contribution in [2.75, 3.05) is 6.61 Å². The van der Waals surface area contributed by atoms with Gasteiger partial charge >= 0.3 is 0 Å². The number of benzene rings is 3. The molecule has 0 saturated carbocycles. The summed E-state index contributed by atoms with van der Waals surface area (Å²) in [6.45, 7) is 2.41. The Morgan fingerprint density at radius 2 is 1.55 bits per heavy atom. The number of para-hydroxylation sites is 2. The quantitative estimate of drug-likeness (QED) is 0.638. The van der Waals surface area contributed by atoms with Crippen LogP contribution in [-0.4, -0.2) is 18.5 Å². The minimum absolute atomic E-state index is 0.302. The Morgan fingerprint density at radius 1 is 0.968 bits per heavy atom. The molecule has 31 heavy (non-hydrogen) atoms. The van der Waals surface area contributed by atoms with E-state index in [9.17, 15) is 14.7 Å². The van der Waals surface area contributed by atoms with E-state index in [2.05, 4.69) is 5.32 Å². The number of carboxylic acid groups (broad SMARTS) is 1. The van der Waals surface area contributed by atoms with Crippen LogP contribution in [-0.2, 0) is 9.59 Å². The topological polar surface area (TPSA) is 87.7 Å². The van der Waals surface area contributed by atoms with E-state index in [-0.39, 0.29) is 12.3 Å². The van der Waals surface area contributed by atoms with Crippen LogP contribution in [0.15, 0.2) is 72.8 Å². The zero-order valence-corrected chi connectivity index (χ0v) is 17.0. The van der Waals surface area contributed by atoms with Gasteiger partial charge in [-0.3, -0.25) is 4.79 Å². The average molecular weight is 416 g/mol. The second kappa shape index (κ2) is 8.92. The molecule has 0 aromatic heterocycles. The molecule has 0 radical (unpaired) electrons. The van der Waals surface area contributed by atoms with Crippen molar-refractivity contribution in [3.8, 4) is 17.2 Å². The molecule has 6 heteroatoms. The lowest BCUT2D eigenvalue weighted by Crippen LogP contribution is -2.37. The van der Waals surface area contributed by atoms with E-state index in [4.69, 9.17) is 9.47 Å². The van der Waals surface area contributed by atoms with Crippen molar-refractivity contribution in [2.24, 2.45) is 0 Å². The molecule has 1 amide bonds. The molecule has 0 saturated heterocycles. The van der Waals surface area contributed by atoms with Crippen molar-refractivity contribution in [2.45, 2.75) is 25.3 Å². The summed E-state index contributed by atoms with van der Waals surface area (Å²) >= 11 is 0. The number of nitrogens with one attached hydrogen (secondary N) is 1. The van der Waals surface area contributed by atoms with Gasteiger partial charge in [0, 0.05) is 23.5 Å². The number of ether oxygens (including phenoxy) is 2. The molecule has 6 nitrogen and oxygen atoms in total. The number of fused-ring (bicyclic) bond motifs is 2. The number of carbonyl (C=O) groups is 2. The maximum Gasteiger partial charge on any atom is 0.232 e. The third kappa shape index (κ3) is 4.38. The standard InChI is InChI=1S/C25H23NO5/c1-2-30-17-13-11-16(12-14-17)20(15-23(27)28)26-25(29)24-18-7-3-5-9-21(18)31-22-10-6-4-8-19(22)24/h3-14,20,24H,2,15H2,1H3,(H,26,29)(H,27,28)/p-1/t20-/m0/s1. The highest BCUT2D eigenvalue weighted by Gasteiger charge is 2.33. The molecule has 1 atom stereocenters. The summed E-state index contributed by atoms with van der Waals surface area (Å²) in [5.74, 6) is -0.266. The third-order valence-electron chi connectivity index (χ3n) is 5.22. The lowest BCUT2D eigenvalue weighted by Gasteiger charge is -2.29. The SMILES string of the molecule is CCOc1ccc([C@H](CC(=O)[O-])NC(=O)C2c3ccccc3Oc3ccccc32)cc1. The Labute approximate surface area is 180 Å². The third-order valence-corrected chi connectivity index (χ3v) is 5.22. The van der Waals surface area contributed by atoms with Gasteiger partial charge in [-0.25, -0.2) is 0 Å². The number of rotatable bonds is 7. The van der Waals surface area contributed by atoms with Crippen LogP contribution in [0.3, 0.4) is 0 Å². The minimum atomic E-state index is -1.24. The molecule has 1 N–H and O–H groups in total.